The second-order valence-corrected chi connectivity index (χ2v) is 5.55. The molecule has 0 unspecified atom stereocenters. The minimum atomic E-state index is -0.573. The van der Waals surface area contributed by atoms with Gasteiger partial charge in [0.25, 0.3) is 5.70 Å². The number of nitro groups is 1. The molecule has 114 valence electrons. The summed E-state index contributed by atoms with van der Waals surface area (Å²) in [5, 5.41) is 19.7. The molecule has 7 nitrogen and oxygen atoms in total. The number of thioether (sulfide) groups is 1. The zero-order chi connectivity index (χ0) is 15.7. The molecule has 0 aliphatic carbocycles. The van der Waals surface area contributed by atoms with Gasteiger partial charge in [-0.1, -0.05) is 49.0 Å². The average molecular weight is 317 g/mol. The van der Waals surface area contributed by atoms with Crippen molar-refractivity contribution < 1.29 is 4.92 Å². The monoisotopic (exact) mass is 317 g/mol. The van der Waals surface area contributed by atoms with Crippen LogP contribution in [0.2, 0.25) is 0 Å². The lowest BCUT2D eigenvalue weighted by Gasteiger charge is -2.24. The Balaban J connectivity index is 2.22. The highest BCUT2D eigenvalue weighted by Crippen LogP contribution is 2.36. The summed E-state index contributed by atoms with van der Waals surface area (Å²) in [4.78, 5) is 15.7. The minimum absolute atomic E-state index is 0.124. The molecule has 0 saturated carbocycles. The van der Waals surface area contributed by atoms with Crippen LogP contribution in [0.5, 0.6) is 0 Å². The number of nitrogens with one attached hydrogen (secondary N) is 1. The van der Waals surface area contributed by atoms with Crippen LogP contribution in [0.15, 0.2) is 46.9 Å². The van der Waals surface area contributed by atoms with Crippen LogP contribution < -0.4 is 5.32 Å². The average Bonchev–Trinajstić information content (AvgIpc) is 2.96. The predicted octanol–water partition coefficient (Wildman–Crippen LogP) is 2.91. The molecule has 22 heavy (non-hydrogen) atoms. The molecule has 1 atom stereocenters. The van der Waals surface area contributed by atoms with Crippen molar-refractivity contribution in [2.45, 2.75) is 24.5 Å². The van der Waals surface area contributed by atoms with Gasteiger partial charge in [-0.05, 0) is 18.2 Å². The van der Waals surface area contributed by atoms with E-state index in [2.05, 4.69) is 15.4 Å². The second-order valence-electron chi connectivity index (χ2n) is 4.78. The zero-order valence-corrected chi connectivity index (χ0v) is 13.0. The summed E-state index contributed by atoms with van der Waals surface area (Å²) in [5.74, 6) is 0.542. The first-order valence-corrected chi connectivity index (χ1v) is 8.08. The summed E-state index contributed by atoms with van der Waals surface area (Å²) in [6.45, 7) is 1.88. The molecule has 3 rings (SSSR count). The molecule has 2 heterocycles. The Morgan fingerprint density at radius 1 is 1.41 bits per heavy atom. The fourth-order valence-corrected chi connectivity index (χ4v) is 2.90. The lowest BCUT2D eigenvalue weighted by atomic mass is 10.0. The largest absolute Gasteiger partial charge is 0.322 e. The molecule has 0 fully saturated rings. The van der Waals surface area contributed by atoms with E-state index in [4.69, 9.17) is 0 Å². The van der Waals surface area contributed by atoms with Crippen LogP contribution in [0.3, 0.4) is 0 Å². The SMILES string of the molecule is CCC1=C([N+](=O)[O-])[C@@H](c2ccccc2)n2nc(SC)nc2N1. The van der Waals surface area contributed by atoms with Gasteiger partial charge in [0, 0.05) is 0 Å². The van der Waals surface area contributed by atoms with Crippen molar-refractivity contribution in [2.24, 2.45) is 0 Å². The van der Waals surface area contributed by atoms with Crippen molar-refractivity contribution >= 4 is 17.7 Å². The molecule has 0 spiro atoms. The van der Waals surface area contributed by atoms with Crippen LogP contribution in [-0.4, -0.2) is 25.9 Å². The first-order valence-electron chi connectivity index (χ1n) is 6.85. The number of hydrogen-bond acceptors (Lipinski definition) is 6. The third-order valence-corrected chi connectivity index (χ3v) is 4.07. The fraction of sp³-hybridized carbons (Fsp3) is 0.286. The smallest absolute Gasteiger partial charge is 0.294 e. The van der Waals surface area contributed by atoms with Crippen molar-refractivity contribution in [3.05, 3.63) is 57.4 Å². The Bertz CT molecular complexity index is 741. The molecule has 1 aliphatic rings. The summed E-state index contributed by atoms with van der Waals surface area (Å²) < 4.78 is 1.60. The van der Waals surface area contributed by atoms with E-state index in [1.54, 1.807) is 4.68 Å². The molecule has 8 heteroatoms. The third kappa shape index (κ3) is 2.35. The van der Waals surface area contributed by atoms with E-state index >= 15 is 0 Å². The van der Waals surface area contributed by atoms with Crippen LogP contribution >= 0.6 is 11.8 Å². The third-order valence-electron chi connectivity index (χ3n) is 3.54. The summed E-state index contributed by atoms with van der Waals surface area (Å²) >= 11 is 1.41. The number of allylic oxidation sites excluding steroid dienone is 2. The van der Waals surface area contributed by atoms with E-state index in [0.29, 0.717) is 23.2 Å². The molecule has 1 N–H and O–H groups in total. The quantitative estimate of drug-likeness (QED) is 0.530. The van der Waals surface area contributed by atoms with Crippen LogP contribution in [0.25, 0.3) is 0 Å². The lowest BCUT2D eigenvalue weighted by Crippen LogP contribution is -2.29. The maximum Gasteiger partial charge on any atom is 0.294 e. The number of benzene rings is 1. The van der Waals surface area contributed by atoms with E-state index in [0.717, 1.165) is 5.56 Å². The van der Waals surface area contributed by atoms with Crippen molar-refractivity contribution in [1.29, 1.82) is 0 Å². The van der Waals surface area contributed by atoms with E-state index in [9.17, 15) is 10.1 Å². The van der Waals surface area contributed by atoms with E-state index < -0.39 is 6.04 Å². The van der Waals surface area contributed by atoms with E-state index in [1.165, 1.54) is 11.8 Å². The van der Waals surface area contributed by atoms with Crippen molar-refractivity contribution in [3.63, 3.8) is 0 Å². The van der Waals surface area contributed by atoms with Crippen molar-refractivity contribution in [2.75, 3.05) is 11.6 Å². The van der Waals surface area contributed by atoms with Gasteiger partial charge in [0.1, 0.15) is 0 Å². The topological polar surface area (TPSA) is 85.9 Å². The number of hydrogen-bond donors (Lipinski definition) is 1. The van der Waals surface area contributed by atoms with Gasteiger partial charge < -0.3 is 5.32 Å². The highest BCUT2D eigenvalue weighted by molar-refractivity contribution is 7.98. The Morgan fingerprint density at radius 3 is 2.73 bits per heavy atom. The Kier molecular flexibility index (Phi) is 3.84. The van der Waals surface area contributed by atoms with Crippen LogP contribution in [-0.2, 0) is 0 Å². The maximum absolute atomic E-state index is 11.6. The fourth-order valence-electron chi connectivity index (χ4n) is 2.55. The minimum Gasteiger partial charge on any atom is -0.322 e. The maximum atomic E-state index is 11.6. The molecule has 0 saturated heterocycles. The van der Waals surface area contributed by atoms with Crippen LogP contribution in [0.4, 0.5) is 5.95 Å². The summed E-state index contributed by atoms with van der Waals surface area (Å²) in [5.41, 5.74) is 1.52. The Hall–Kier alpha value is -2.35. The Labute approximate surface area is 131 Å². The molecule has 0 bridgehead atoms. The molecule has 0 amide bonds. The van der Waals surface area contributed by atoms with Gasteiger partial charge in [-0.3, -0.25) is 10.1 Å². The molecule has 2 aromatic rings. The number of anilines is 1. The first-order chi connectivity index (χ1) is 10.7. The first kappa shape index (κ1) is 14.6. The number of rotatable bonds is 4. The molecule has 0 radical (unpaired) electrons. The van der Waals surface area contributed by atoms with Crippen LogP contribution in [0.1, 0.15) is 24.9 Å². The van der Waals surface area contributed by atoms with Gasteiger partial charge in [0.2, 0.25) is 11.1 Å². The molecule has 1 aromatic carbocycles. The summed E-state index contributed by atoms with van der Waals surface area (Å²) in [6, 6.07) is 8.79. The van der Waals surface area contributed by atoms with Gasteiger partial charge >= 0.3 is 0 Å². The van der Waals surface area contributed by atoms with Gasteiger partial charge in [-0.2, -0.15) is 4.98 Å². The molecular formula is C14H15N5O2S. The number of nitrogens with zero attached hydrogens (tertiary/aromatic N) is 4. The predicted molar refractivity (Wildman–Crippen MR) is 84.3 cm³/mol. The normalized spacial score (nSPS) is 17.1. The molecule has 1 aliphatic heterocycles. The highest BCUT2D eigenvalue weighted by Gasteiger charge is 2.38. The van der Waals surface area contributed by atoms with E-state index in [1.807, 2.05) is 43.5 Å². The lowest BCUT2D eigenvalue weighted by molar-refractivity contribution is -0.433. The van der Waals surface area contributed by atoms with Gasteiger partial charge in [0.15, 0.2) is 6.04 Å². The Morgan fingerprint density at radius 2 is 2.14 bits per heavy atom. The molecular weight excluding hydrogens is 302 g/mol. The number of aromatic nitrogens is 3. The van der Waals surface area contributed by atoms with Crippen LogP contribution in [0, 0.1) is 10.1 Å². The second kappa shape index (κ2) is 5.80. The molecule has 1 aromatic heterocycles. The van der Waals surface area contributed by atoms with Gasteiger partial charge in [-0.15, -0.1) is 5.10 Å². The zero-order valence-electron chi connectivity index (χ0n) is 12.2. The van der Waals surface area contributed by atoms with Gasteiger partial charge in [-0.25, -0.2) is 4.68 Å². The van der Waals surface area contributed by atoms with E-state index in [-0.39, 0.29) is 10.6 Å². The van der Waals surface area contributed by atoms with Crippen molar-refractivity contribution in [3.8, 4) is 0 Å². The highest BCUT2D eigenvalue weighted by atomic mass is 32.2. The van der Waals surface area contributed by atoms with Crippen molar-refractivity contribution in [1.82, 2.24) is 14.8 Å². The number of fused-ring (bicyclic) bond motifs is 1. The van der Waals surface area contributed by atoms with Gasteiger partial charge in [0.05, 0.1) is 10.6 Å². The standard InChI is InChI=1S/C14H15N5O2S/c1-3-10-12(19(20)21)11(9-7-5-4-6-8-9)18-13(15-10)16-14(17-18)22-2/h4-8,11H,3H2,1-2H3,(H,15,16,17)/t11-/m1/s1. The summed E-state index contributed by atoms with van der Waals surface area (Å²) in [6.07, 6.45) is 2.41. The summed E-state index contributed by atoms with van der Waals surface area (Å²) in [7, 11) is 0.